The third kappa shape index (κ3) is 11.1. The van der Waals surface area contributed by atoms with Gasteiger partial charge in [0.2, 0.25) is 0 Å². The molecule has 0 amide bonds. The third-order valence-electron chi connectivity index (χ3n) is 4.19. The van der Waals surface area contributed by atoms with E-state index in [1.807, 2.05) is 0 Å². The van der Waals surface area contributed by atoms with Crippen molar-refractivity contribution in [3.05, 3.63) is 23.7 Å². The van der Waals surface area contributed by atoms with Gasteiger partial charge in [0.25, 0.3) is 0 Å². The minimum atomic E-state index is 0.369. The molecule has 0 bridgehead atoms. The SMILES string of the molecule is CCCCCCCCCCCCCCOCc1ccc(C=O)o1. The lowest BCUT2D eigenvalue weighted by molar-refractivity contribution is 0.0986. The van der Waals surface area contributed by atoms with Crippen LogP contribution in [0.25, 0.3) is 0 Å². The van der Waals surface area contributed by atoms with Crippen molar-refractivity contribution in [1.82, 2.24) is 0 Å². The van der Waals surface area contributed by atoms with Crippen LogP contribution in [-0.2, 0) is 11.3 Å². The lowest BCUT2D eigenvalue weighted by atomic mass is 10.1. The molecule has 1 heterocycles. The minimum Gasteiger partial charge on any atom is -0.456 e. The van der Waals surface area contributed by atoms with E-state index >= 15 is 0 Å². The van der Waals surface area contributed by atoms with Crippen molar-refractivity contribution >= 4 is 6.29 Å². The van der Waals surface area contributed by atoms with Crippen LogP contribution in [0.4, 0.5) is 0 Å². The van der Waals surface area contributed by atoms with Gasteiger partial charge in [-0.1, -0.05) is 77.6 Å². The van der Waals surface area contributed by atoms with Crippen LogP contribution in [0.3, 0.4) is 0 Å². The largest absolute Gasteiger partial charge is 0.456 e. The van der Waals surface area contributed by atoms with Gasteiger partial charge in [0.05, 0.1) is 0 Å². The van der Waals surface area contributed by atoms with Gasteiger partial charge in [-0.2, -0.15) is 0 Å². The molecule has 3 nitrogen and oxygen atoms in total. The molecule has 0 unspecified atom stereocenters. The summed E-state index contributed by atoms with van der Waals surface area (Å²) in [6.45, 7) is 3.51. The standard InChI is InChI=1S/C20H34O3/c1-2-3-4-5-6-7-8-9-10-11-12-13-16-22-18-20-15-14-19(17-21)23-20/h14-15,17H,2-13,16,18H2,1H3. The fourth-order valence-electron chi connectivity index (χ4n) is 2.75. The third-order valence-corrected chi connectivity index (χ3v) is 4.19. The highest BCUT2D eigenvalue weighted by Gasteiger charge is 2.00. The summed E-state index contributed by atoms with van der Waals surface area (Å²) in [5.74, 6) is 1.10. The van der Waals surface area contributed by atoms with Crippen LogP contribution < -0.4 is 0 Å². The summed E-state index contributed by atoms with van der Waals surface area (Å²) >= 11 is 0. The predicted octanol–water partition coefficient (Wildman–Crippen LogP) is 6.31. The quantitative estimate of drug-likeness (QED) is 0.264. The summed E-state index contributed by atoms with van der Waals surface area (Å²) in [5.41, 5.74) is 0. The molecule has 0 N–H and O–H groups in total. The van der Waals surface area contributed by atoms with Crippen LogP contribution >= 0.6 is 0 Å². The van der Waals surface area contributed by atoms with Gasteiger partial charge >= 0.3 is 0 Å². The van der Waals surface area contributed by atoms with Gasteiger partial charge in [0, 0.05) is 6.61 Å². The Morgan fingerprint density at radius 3 is 1.96 bits per heavy atom. The second-order valence-corrected chi connectivity index (χ2v) is 6.36. The number of carbonyl (C=O) groups is 1. The average molecular weight is 322 g/mol. The zero-order valence-electron chi connectivity index (χ0n) is 14.9. The van der Waals surface area contributed by atoms with Gasteiger partial charge in [0.1, 0.15) is 12.4 Å². The summed E-state index contributed by atoms with van der Waals surface area (Å²) in [6.07, 6.45) is 17.0. The smallest absolute Gasteiger partial charge is 0.185 e. The fraction of sp³-hybridized carbons (Fsp3) is 0.750. The number of furan rings is 1. The molecular weight excluding hydrogens is 288 g/mol. The van der Waals surface area contributed by atoms with Crippen molar-refractivity contribution < 1.29 is 13.9 Å². The van der Waals surface area contributed by atoms with Gasteiger partial charge in [-0.05, 0) is 18.6 Å². The number of rotatable bonds is 16. The maximum atomic E-state index is 10.5. The monoisotopic (exact) mass is 322 g/mol. The maximum Gasteiger partial charge on any atom is 0.185 e. The lowest BCUT2D eigenvalue weighted by Crippen LogP contribution is -1.94. The number of carbonyl (C=O) groups excluding carboxylic acids is 1. The second-order valence-electron chi connectivity index (χ2n) is 6.36. The first-order valence-electron chi connectivity index (χ1n) is 9.48. The first kappa shape index (κ1) is 20.0. The molecule has 0 spiro atoms. The van der Waals surface area contributed by atoms with E-state index in [2.05, 4.69) is 6.92 Å². The molecule has 0 aliphatic rings. The second kappa shape index (κ2) is 14.5. The molecule has 0 aliphatic heterocycles. The van der Waals surface area contributed by atoms with E-state index in [9.17, 15) is 4.79 Å². The Bertz CT molecular complexity index is 384. The van der Waals surface area contributed by atoms with Crippen LogP contribution in [-0.4, -0.2) is 12.9 Å². The highest BCUT2D eigenvalue weighted by atomic mass is 16.5. The number of hydrogen-bond acceptors (Lipinski definition) is 3. The molecule has 1 aromatic rings. The minimum absolute atomic E-state index is 0.369. The Morgan fingerprint density at radius 1 is 0.870 bits per heavy atom. The van der Waals surface area contributed by atoms with E-state index in [0.717, 1.165) is 18.8 Å². The summed E-state index contributed by atoms with van der Waals surface area (Å²) in [7, 11) is 0. The topological polar surface area (TPSA) is 39.4 Å². The fourth-order valence-corrected chi connectivity index (χ4v) is 2.75. The summed E-state index contributed by atoms with van der Waals surface area (Å²) in [5, 5.41) is 0. The van der Waals surface area contributed by atoms with E-state index in [0.29, 0.717) is 18.7 Å². The summed E-state index contributed by atoms with van der Waals surface area (Å²) in [4.78, 5) is 10.5. The number of aldehydes is 1. The Morgan fingerprint density at radius 2 is 1.43 bits per heavy atom. The molecule has 0 saturated heterocycles. The lowest BCUT2D eigenvalue weighted by Gasteiger charge is -2.04. The highest BCUT2D eigenvalue weighted by molar-refractivity contribution is 5.70. The van der Waals surface area contributed by atoms with Gasteiger partial charge in [-0.15, -0.1) is 0 Å². The molecule has 3 heteroatoms. The van der Waals surface area contributed by atoms with Gasteiger partial charge < -0.3 is 9.15 Å². The van der Waals surface area contributed by atoms with Crippen molar-refractivity contribution in [3.63, 3.8) is 0 Å². The van der Waals surface area contributed by atoms with Gasteiger partial charge in [0.15, 0.2) is 12.0 Å². The normalized spacial score (nSPS) is 11.0. The van der Waals surface area contributed by atoms with Crippen LogP contribution in [0, 0.1) is 0 Å². The molecule has 0 atom stereocenters. The van der Waals surface area contributed by atoms with Crippen molar-refractivity contribution in [1.29, 1.82) is 0 Å². The molecule has 1 rings (SSSR count). The first-order chi connectivity index (χ1) is 11.4. The summed E-state index contributed by atoms with van der Waals surface area (Å²) < 4.78 is 10.8. The zero-order chi connectivity index (χ0) is 16.6. The van der Waals surface area contributed by atoms with E-state index in [-0.39, 0.29) is 0 Å². The van der Waals surface area contributed by atoms with Crippen molar-refractivity contribution in [2.24, 2.45) is 0 Å². The average Bonchev–Trinajstić information content (AvgIpc) is 3.03. The Labute approximate surface area is 141 Å². The molecule has 132 valence electrons. The van der Waals surface area contributed by atoms with Gasteiger partial charge in [-0.25, -0.2) is 0 Å². The Kier molecular flexibility index (Phi) is 12.6. The van der Waals surface area contributed by atoms with Crippen molar-refractivity contribution in [2.45, 2.75) is 90.6 Å². The van der Waals surface area contributed by atoms with Crippen LogP contribution in [0.5, 0.6) is 0 Å². The molecule has 0 fully saturated rings. The molecular formula is C20H34O3. The number of unbranched alkanes of at least 4 members (excludes halogenated alkanes) is 11. The molecule has 0 saturated carbocycles. The first-order valence-corrected chi connectivity index (χ1v) is 9.48. The molecule has 23 heavy (non-hydrogen) atoms. The van der Waals surface area contributed by atoms with Crippen molar-refractivity contribution in [2.75, 3.05) is 6.61 Å². The molecule has 0 aliphatic carbocycles. The van der Waals surface area contributed by atoms with Crippen LogP contribution in [0.1, 0.15) is 100 Å². The zero-order valence-corrected chi connectivity index (χ0v) is 14.9. The van der Waals surface area contributed by atoms with Gasteiger partial charge in [-0.3, -0.25) is 4.79 Å². The van der Waals surface area contributed by atoms with E-state index in [1.165, 1.54) is 70.6 Å². The van der Waals surface area contributed by atoms with Crippen LogP contribution in [0.15, 0.2) is 16.5 Å². The van der Waals surface area contributed by atoms with E-state index < -0.39 is 0 Å². The molecule has 0 radical (unpaired) electrons. The Balaban J connectivity index is 1.77. The van der Waals surface area contributed by atoms with E-state index in [1.54, 1.807) is 12.1 Å². The van der Waals surface area contributed by atoms with Crippen molar-refractivity contribution in [3.8, 4) is 0 Å². The predicted molar refractivity (Wildman–Crippen MR) is 94.8 cm³/mol. The number of hydrogen-bond donors (Lipinski definition) is 0. The van der Waals surface area contributed by atoms with Crippen LogP contribution in [0.2, 0.25) is 0 Å². The highest BCUT2D eigenvalue weighted by Crippen LogP contribution is 2.12. The maximum absolute atomic E-state index is 10.5. The molecule has 0 aromatic carbocycles. The number of ether oxygens (including phenoxy) is 1. The molecule has 1 aromatic heterocycles. The Hall–Kier alpha value is -1.09. The summed E-state index contributed by atoms with van der Waals surface area (Å²) in [6, 6.07) is 3.47. The van der Waals surface area contributed by atoms with E-state index in [4.69, 9.17) is 9.15 Å².